The molecule has 0 amide bonds. The van der Waals surface area contributed by atoms with Gasteiger partial charge in [0.2, 0.25) is 0 Å². The fourth-order valence-electron chi connectivity index (χ4n) is 4.22. The predicted molar refractivity (Wildman–Crippen MR) is 104 cm³/mol. The lowest BCUT2D eigenvalue weighted by Crippen LogP contribution is -2.44. The van der Waals surface area contributed by atoms with Gasteiger partial charge in [-0.15, -0.1) is 0 Å². The van der Waals surface area contributed by atoms with Gasteiger partial charge >= 0.3 is 5.97 Å². The van der Waals surface area contributed by atoms with Crippen LogP contribution in [0.2, 0.25) is 0 Å². The van der Waals surface area contributed by atoms with Crippen LogP contribution in [0, 0.1) is 6.92 Å². The second-order valence-electron chi connectivity index (χ2n) is 7.48. The molecule has 2 aliphatic rings. The highest BCUT2D eigenvalue weighted by Crippen LogP contribution is 2.40. The maximum Gasteiger partial charge on any atom is 0.343 e. The Morgan fingerprint density at radius 3 is 2.82 bits per heavy atom. The van der Waals surface area contributed by atoms with Crippen LogP contribution in [0.3, 0.4) is 0 Å². The number of anilines is 1. The fourth-order valence-corrected chi connectivity index (χ4v) is 4.22. The summed E-state index contributed by atoms with van der Waals surface area (Å²) in [6.07, 6.45) is 0.112. The van der Waals surface area contributed by atoms with Gasteiger partial charge in [-0.25, -0.2) is 9.78 Å². The number of carbonyl (C=O) groups is 1. The molecule has 28 heavy (non-hydrogen) atoms. The summed E-state index contributed by atoms with van der Waals surface area (Å²) < 4.78 is 6.68. The van der Waals surface area contributed by atoms with Crippen molar-refractivity contribution in [1.82, 2.24) is 9.55 Å². The summed E-state index contributed by atoms with van der Waals surface area (Å²) in [6.45, 7) is 3.83. The lowest BCUT2D eigenvalue weighted by molar-refractivity contribution is -0.172. The third kappa shape index (κ3) is 1.99. The first kappa shape index (κ1) is 16.9. The Morgan fingerprint density at radius 2 is 2.07 bits per heavy atom. The van der Waals surface area contributed by atoms with Crippen LogP contribution in [0.4, 0.5) is 5.69 Å². The van der Waals surface area contributed by atoms with E-state index in [2.05, 4.69) is 0 Å². The second-order valence-corrected chi connectivity index (χ2v) is 7.48. The Balaban J connectivity index is 1.83. The molecule has 0 radical (unpaired) electrons. The molecule has 0 saturated heterocycles. The number of nitrogens with zero attached hydrogens (tertiary/aromatic N) is 2. The summed E-state index contributed by atoms with van der Waals surface area (Å²) in [4.78, 5) is 30.1. The van der Waals surface area contributed by atoms with Crippen molar-refractivity contribution >= 4 is 22.6 Å². The van der Waals surface area contributed by atoms with Gasteiger partial charge in [0.05, 0.1) is 29.0 Å². The number of nitrogens with two attached hydrogens (primary N) is 1. The van der Waals surface area contributed by atoms with Gasteiger partial charge in [-0.1, -0.05) is 18.6 Å². The molecule has 0 aliphatic carbocycles. The topological polar surface area (TPSA) is 107 Å². The first-order valence-corrected chi connectivity index (χ1v) is 9.21. The number of rotatable bonds is 1. The Morgan fingerprint density at radius 1 is 1.29 bits per heavy atom. The molecule has 4 heterocycles. The standard InChI is InChI=1S/C21H19N3O4/c1-3-21(27)14-7-16-18-12(8-24(16)19(25)13(14)9-28-20(21)26)17(22)11-6-10(2)4-5-15(11)23-18/h4-7,27H,3,8-9H2,1-2H3,(H2,22,23)/t21-/m0/s1. The number of benzene rings is 1. The minimum Gasteiger partial charge on any atom is -0.458 e. The monoisotopic (exact) mass is 377 g/mol. The van der Waals surface area contributed by atoms with Gasteiger partial charge in [0.15, 0.2) is 5.60 Å². The Kier molecular flexibility index (Phi) is 3.28. The molecule has 2 aliphatic heterocycles. The van der Waals surface area contributed by atoms with Crippen LogP contribution >= 0.6 is 0 Å². The normalized spacial score (nSPS) is 19.9. The average molecular weight is 377 g/mol. The first-order chi connectivity index (χ1) is 13.3. The van der Waals surface area contributed by atoms with Crippen LogP contribution in [-0.2, 0) is 28.3 Å². The van der Waals surface area contributed by atoms with E-state index < -0.39 is 11.6 Å². The quantitative estimate of drug-likeness (QED) is 0.491. The van der Waals surface area contributed by atoms with Gasteiger partial charge in [-0.05, 0) is 31.5 Å². The third-order valence-electron chi connectivity index (χ3n) is 5.89. The van der Waals surface area contributed by atoms with Gasteiger partial charge < -0.3 is 20.1 Å². The van der Waals surface area contributed by atoms with E-state index in [1.165, 1.54) is 0 Å². The molecular formula is C21H19N3O4. The second kappa shape index (κ2) is 5.42. The van der Waals surface area contributed by atoms with Crippen LogP contribution in [0.5, 0.6) is 0 Å². The van der Waals surface area contributed by atoms with Gasteiger partial charge in [0.25, 0.3) is 5.56 Å². The molecule has 142 valence electrons. The average Bonchev–Trinajstić information content (AvgIpc) is 3.05. The van der Waals surface area contributed by atoms with Crippen LogP contribution in [0.1, 0.15) is 35.6 Å². The van der Waals surface area contributed by atoms with Crippen LogP contribution in [0.25, 0.3) is 22.3 Å². The van der Waals surface area contributed by atoms with E-state index >= 15 is 0 Å². The van der Waals surface area contributed by atoms with Crippen molar-refractivity contribution in [3.05, 3.63) is 56.9 Å². The van der Waals surface area contributed by atoms with Gasteiger partial charge in [0, 0.05) is 22.2 Å². The highest BCUT2D eigenvalue weighted by molar-refractivity contribution is 5.96. The SMILES string of the molecule is CC[C@@]1(O)C(=O)OCc2c1cc1n(c2=O)Cc2c-1nc1ccc(C)cc1c2N. The summed E-state index contributed by atoms with van der Waals surface area (Å²) in [6, 6.07) is 7.54. The zero-order valence-corrected chi connectivity index (χ0v) is 15.6. The van der Waals surface area contributed by atoms with E-state index in [-0.39, 0.29) is 18.6 Å². The van der Waals surface area contributed by atoms with Crippen molar-refractivity contribution in [2.75, 3.05) is 5.73 Å². The molecule has 0 saturated carbocycles. The van der Waals surface area contributed by atoms with E-state index in [1.807, 2.05) is 25.1 Å². The number of aryl methyl sites for hydroxylation is 1. The molecule has 3 aromatic rings. The van der Waals surface area contributed by atoms with E-state index in [4.69, 9.17) is 15.5 Å². The number of carbonyl (C=O) groups excluding carboxylic acids is 1. The lowest BCUT2D eigenvalue weighted by Gasteiger charge is -2.31. The maximum absolute atomic E-state index is 13.1. The van der Waals surface area contributed by atoms with Crippen molar-refractivity contribution in [2.45, 2.75) is 39.0 Å². The van der Waals surface area contributed by atoms with Crippen molar-refractivity contribution in [2.24, 2.45) is 0 Å². The fraction of sp³-hybridized carbons (Fsp3) is 0.286. The summed E-state index contributed by atoms with van der Waals surface area (Å²) in [7, 11) is 0. The maximum atomic E-state index is 13.1. The number of hydrogen-bond donors (Lipinski definition) is 2. The van der Waals surface area contributed by atoms with Crippen molar-refractivity contribution in [3.63, 3.8) is 0 Å². The molecule has 3 N–H and O–H groups in total. The van der Waals surface area contributed by atoms with Gasteiger partial charge in [-0.2, -0.15) is 0 Å². The zero-order chi connectivity index (χ0) is 19.8. The molecule has 7 nitrogen and oxygen atoms in total. The number of fused-ring (bicyclic) bond motifs is 5. The molecule has 0 spiro atoms. The number of esters is 1. The Bertz CT molecular complexity index is 1260. The van der Waals surface area contributed by atoms with E-state index in [0.29, 0.717) is 34.7 Å². The molecule has 1 aromatic carbocycles. The molecule has 0 fully saturated rings. The van der Waals surface area contributed by atoms with Crippen LogP contribution < -0.4 is 11.3 Å². The van der Waals surface area contributed by atoms with Crippen LogP contribution in [-0.4, -0.2) is 20.6 Å². The van der Waals surface area contributed by atoms with Crippen molar-refractivity contribution in [1.29, 1.82) is 0 Å². The molecule has 2 aromatic heterocycles. The smallest absolute Gasteiger partial charge is 0.343 e. The highest BCUT2D eigenvalue weighted by atomic mass is 16.6. The number of aromatic nitrogens is 2. The molecule has 0 unspecified atom stereocenters. The lowest BCUT2D eigenvalue weighted by atomic mass is 9.86. The van der Waals surface area contributed by atoms with Crippen LogP contribution in [0.15, 0.2) is 29.1 Å². The Labute approximate surface area is 160 Å². The summed E-state index contributed by atoms with van der Waals surface area (Å²) in [5.74, 6) is -0.730. The van der Waals surface area contributed by atoms with Crippen molar-refractivity contribution < 1.29 is 14.6 Å². The summed E-state index contributed by atoms with van der Waals surface area (Å²) in [5.41, 5.74) is 9.32. The minimum absolute atomic E-state index is 0.112. The highest BCUT2D eigenvalue weighted by Gasteiger charge is 2.45. The predicted octanol–water partition coefficient (Wildman–Crippen LogP) is 1.97. The summed E-state index contributed by atoms with van der Waals surface area (Å²) >= 11 is 0. The van der Waals surface area contributed by atoms with Gasteiger partial charge in [-0.3, -0.25) is 4.79 Å². The summed E-state index contributed by atoms with van der Waals surface area (Å²) in [5, 5.41) is 11.7. The number of ether oxygens (including phenoxy) is 1. The first-order valence-electron chi connectivity index (χ1n) is 9.21. The molecule has 7 heteroatoms. The molecule has 0 bridgehead atoms. The number of nitrogen functional groups attached to an aromatic ring is 1. The Hall–Kier alpha value is -3.19. The largest absolute Gasteiger partial charge is 0.458 e. The molecule has 1 atom stereocenters. The number of pyridine rings is 2. The zero-order valence-electron chi connectivity index (χ0n) is 15.6. The minimum atomic E-state index is -1.83. The van der Waals surface area contributed by atoms with E-state index in [9.17, 15) is 14.7 Å². The third-order valence-corrected chi connectivity index (χ3v) is 5.89. The van der Waals surface area contributed by atoms with Gasteiger partial charge in [0.1, 0.15) is 6.61 Å². The molecule has 5 rings (SSSR count). The molecular weight excluding hydrogens is 358 g/mol. The van der Waals surface area contributed by atoms with E-state index in [0.717, 1.165) is 22.0 Å². The van der Waals surface area contributed by atoms with E-state index in [1.54, 1.807) is 17.6 Å². The number of hydrogen-bond acceptors (Lipinski definition) is 6. The number of aliphatic hydroxyl groups is 1. The number of cyclic esters (lactones) is 1. The van der Waals surface area contributed by atoms with Crippen molar-refractivity contribution in [3.8, 4) is 11.4 Å².